The highest BCUT2D eigenvalue weighted by Gasteiger charge is 2.24. The van der Waals surface area contributed by atoms with E-state index in [2.05, 4.69) is 0 Å². The van der Waals surface area contributed by atoms with Crippen LogP contribution in [0.1, 0.15) is 12.5 Å². The standard InChI is InChI=1S/C14H15FN2O2/c1-2-16-5-6-17(14(16)18)9-12-8-10-7-11(15)3-4-13(10)19-12/h3-7,12H,2,8-9H2,1H3. The summed E-state index contributed by atoms with van der Waals surface area (Å²) in [5.41, 5.74) is 0.834. The van der Waals surface area contributed by atoms with Crippen molar-refractivity contribution in [1.82, 2.24) is 9.13 Å². The quantitative estimate of drug-likeness (QED) is 0.845. The molecule has 0 N–H and O–H groups in total. The first-order valence-corrected chi connectivity index (χ1v) is 6.38. The summed E-state index contributed by atoms with van der Waals surface area (Å²) in [6.07, 6.45) is 4.06. The molecule has 100 valence electrons. The molecule has 19 heavy (non-hydrogen) atoms. The molecule has 0 aliphatic carbocycles. The van der Waals surface area contributed by atoms with Gasteiger partial charge < -0.3 is 4.74 Å². The minimum absolute atomic E-state index is 0.0340. The molecule has 1 aromatic heterocycles. The molecule has 1 aliphatic heterocycles. The number of nitrogens with zero attached hydrogens (tertiary/aromatic N) is 2. The Balaban J connectivity index is 1.77. The summed E-state index contributed by atoms with van der Waals surface area (Å²) in [5.74, 6) is 0.465. The lowest BCUT2D eigenvalue weighted by Crippen LogP contribution is -2.30. The Kier molecular flexibility index (Phi) is 2.89. The molecule has 1 atom stereocenters. The normalized spacial score (nSPS) is 17.3. The lowest BCUT2D eigenvalue weighted by molar-refractivity contribution is 0.207. The van der Waals surface area contributed by atoms with E-state index < -0.39 is 0 Å². The third-order valence-electron chi connectivity index (χ3n) is 3.42. The maximum absolute atomic E-state index is 13.1. The highest BCUT2D eigenvalue weighted by molar-refractivity contribution is 5.37. The van der Waals surface area contributed by atoms with Crippen LogP contribution < -0.4 is 10.4 Å². The predicted molar refractivity (Wildman–Crippen MR) is 68.9 cm³/mol. The summed E-state index contributed by atoms with van der Waals surface area (Å²) in [5, 5.41) is 0. The van der Waals surface area contributed by atoms with Gasteiger partial charge in [-0.05, 0) is 25.1 Å². The average Bonchev–Trinajstić information content (AvgIpc) is 2.93. The van der Waals surface area contributed by atoms with Gasteiger partial charge in [-0.2, -0.15) is 0 Å². The lowest BCUT2D eigenvalue weighted by atomic mass is 10.1. The first kappa shape index (κ1) is 12.0. The molecule has 4 nitrogen and oxygen atoms in total. The van der Waals surface area contributed by atoms with E-state index in [9.17, 15) is 9.18 Å². The molecule has 0 fully saturated rings. The third-order valence-corrected chi connectivity index (χ3v) is 3.42. The molecule has 0 radical (unpaired) electrons. The second kappa shape index (κ2) is 4.57. The molecule has 0 saturated carbocycles. The summed E-state index contributed by atoms with van der Waals surface area (Å²) in [6, 6.07) is 4.53. The predicted octanol–water partition coefficient (Wildman–Crippen LogP) is 1.81. The van der Waals surface area contributed by atoms with Crippen LogP contribution >= 0.6 is 0 Å². The number of hydrogen-bond donors (Lipinski definition) is 0. The van der Waals surface area contributed by atoms with E-state index in [0.717, 1.165) is 11.3 Å². The van der Waals surface area contributed by atoms with Gasteiger partial charge >= 0.3 is 5.69 Å². The number of hydrogen-bond acceptors (Lipinski definition) is 2. The Hall–Kier alpha value is -2.04. The smallest absolute Gasteiger partial charge is 0.328 e. The minimum atomic E-state index is -0.252. The molecule has 0 saturated heterocycles. The molecule has 1 unspecified atom stereocenters. The highest BCUT2D eigenvalue weighted by Crippen LogP contribution is 2.29. The molecule has 2 aromatic rings. The summed E-state index contributed by atoms with van der Waals surface area (Å²) in [6.45, 7) is 3.07. The molecule has 1 aliphatic rings. The van der Waals surface area contributed by atoms with Gasteiger partial charge in [0.1, 0.15) is 17.7 Å². The number of rotatable bonds is 3. The molecular weight excluding hydrogens is 247 g/mol. The van der Waals surface area contributed by atoms with Crippen LogP contribution in [0.3, 0.4) is 0 Å². The fourth-order valence-corrected chi connectivity index (χ4v) is 2.44. The van der Waals surface area contributed by atoms with Crippen LogP contribution in [-0.2, 0) is 19.5 Å². The van der Waals surface area contributed by atoms with Gasteiger partial charge in [-0.15, -0.1) is 0 Å². The van der Waals surface area contributed by atoms with Gasteiger partial charge in [-0.3, -0.25) is 9.13 Å². The Morgan fingerprint density at radius 2 is 2.16 bits per heavy atom. The number of halogens is 1. The van der Waals surface area contributed by atoms with Crippen molar-refractivity contribution in [2.75, 3.05) is 0 Å². The molecule has 0 amide bonds. The Labute approximate surface area is 110 Å². The van der Waals surface area contributed by atoms with Gasteiger partial charge in [0.2, 0.25) is 0 Å². The summed E-state index contributed by atoms with van der Waals surface area (Å²) in [7, 11) is 0. The van der Waals surface area contributed by atoms with Crippen LogP contribution in [0.4, 0.5) is 4.39 Å². The van der Waals surface area contributed by atoms with Crippen LogP contribution in [0.5, 0.6) is 5.75 Å². The molecular formula is C14H15FN2O2. The van der Waals surface area contributed by atoms with Crippen molar-refractivity contribution >= 4 is 0 Å². The first-order chi connectivity index (χ1) is 9.17. The van der Waals surface area contributed by atoms with E-state index in [0.29, 0.717) is 19.5 Å². The molecule has 2 heterocycles. The van der Waals surface area contributed by atoms with E-state index in [1.165, 1.54) is 12.1 Å². The fourth-order valence-electron chi connectivity index (χ4n) is 2.44. The van der Waals surface area contributed by atoms with Crippen molar-refractivity contribution in [3.8, 4) is 5.75 Å². The number of benzene rings is 1. The molecule has 0 spiro atoms. The number of ether oxygens (including phenoxy) is 1. The SMILES string of the molecule is CCn1ccn(CC2Cc3cc(F)ccc3O2)c1=O. The van der Waals surface area contributed by atoms with E-state index in [1.54, 1.807) is 27.6 Å². The Morgan fingerprint density at radius 3 is 2.89 bits per heavy atom. The van der Waals surface area contributed by atoms with E-state index in [4.69, 9.17) is 4.74 Å². The molecule has 5 heteroatoms. The van der Waals surface area contributed by atoms with Crippen molar-refractivity contribution < 1.29 is 9.13 Å². The zero-order valence-electron chi connectivity index (χ0n) is 10.7. The van der Waals surface area contributed by atoms with Crippen LogP contribution in [0.15, 0.2) is 35.4 Å². The van der Waals surface area contributed by atoms with E-state index in [-0.39, 0.29) is 17.6 Å². The summed E-state index contributed by atoms with van der Waals surface area (Å²) < 4.78 is 22.1. The Bertz CT molecular complexity index is 660. The number of imidazole rings is 1. The van der Waals surface area contributed by atoms with Crippen molar-refractivity contribution in [2.24, 2.45) is 0 Å². The van der Waals surface area contributed by atoms with Crippen molar-refractivity contribution in [3.05, 3.63) is 52.5 Å². The van der Waals surface area contributed by atoms with Crippen molar-refractivity contribution in [3.63, 3.8) is 0 Å². The minimum Gasteiger partial charge on any atom is -0.488 e. The lowest BCUT2D eigenvalue weighted by Gasteiger charge is -2.10. The zero-order valence-corrected chi connectivity index (χ0v) is 10.7. The highest BCUT2D eigenvalue weighted by atomic mass is 19.1. The molecule has 1 aromatic carbocycles. The molecule has 0 bridgehead atoms. The Morgan fingerprint density at radius 1 is 1.37 bits per heavy atom. The van der Waals surface area contributed by atoms with Crippen molar-refractivity contribution in [2.45, 2.75) is 32.5 Å². The monoisotopic (exact) mass is 262 g/mol. The van der Waals surface area contributed by atoms with Gasteiger partial charge in [0.05, 0.1) is 6.54 Å². The number of aryl methyl sites for hydroxylation is 1. The van der Waals surface area contributed by atoms with Crippen LogP contribution in [0, 0.1) is 5.82 Å². The third kappa shape index (κ3) is 2.16. The fraction of sp³-hybridized carbons (Fsp3) is 0.357. The second-order valence-electron chi connectivity index (χ2n) is 4.72. The summed E-state index contributed by atoms with van der Waals surface area (Å²) in [4.78, 5) is 11.9. The van der Waals surface area contributed by atoms with Crippen LogP contribution in [0.25, 0.3) is 0 Å². The zero-order chi connectivity index (χ0) is 13.4. The van der Waals surface area contributed by atoms with Gasteiger partial charge in [-0.25, -0.2) is 9.18 Å². The van der Waals surface area contributed by atoms with Crippen LogP contribution in [0.2, 0.25) is 0 Å². The maximum Gasteiger partial charge on any atom is 0.328 e. The summed E-state index contributed by atoms with van der Waals surface area (Å²) >= 11 is 0. The van der Waals surface area contributed by atoms with Gasteiger partial charge in [0.15, 0.2) is 0 Å². The molecule has 3 rings (SSSR count). The topological polar surface area (TPSA) is 36.2 Å². The number of fused-ring (bicyclic) bond motifs is 1. The van der Waals surface area contributed by atoms with Crippen LogP contribution in [-0.4, -0.2) is 15.2 Å². The average molecular weight is 262 g/mol. The van der Waals surface area contributed by atoms with Gasteiger partial charge in [-0.1, -0.05) is 0 Å². The largest absolute Gasteiger partial charge is 0.488 e. The van der Waals surface area contributed by atoms with Gasteiger partial charge in [0.25, 0.3) is 0 Å². The second-order valence-corrected chi connectivity index (χ2v) is 4.72. The maximum atomic E-state index is 13.1. The first-order valence-electron chi connectivity index (χ1n) is 6.38. The van der Waals surface area contributed by atoms with Gasteiger partial charge in [0, 0.05) is 30.9 Å². The van der Waals surface area contributed by atoms with E-state index >= 15 is 0 Å². The number of aromatic nitrogens is 2. The van der Waals surface area contributed by atoms with Crippen molar-refractivity contribution in [1.29, 1.82) is 0 Å². The van der Waals surface area contributed by atoms with E-state index in [1.807, 2.05) is 6.92 Å².